The second-order valence-electron chi connectivity index (χ2n) is 7.87. The quantitative estimate of drug-likeness (QED) is 0.405. The number of nitrogens with one attached hydrogen (secondary N) is 1. The molecule has 0 bridgehead atoms. The van der Waals surface area contributed by atoms with Crippen molar-refractivity contribution in [2.45, 2.75) is 20.0 Å². The minimum absolute atomic E-state index is 0.0550. The molecular weight excluding hydrogens is 450 g/mol. The molecule has 0 aliphatic heterocycles. The highest BCUT2D eigenvalue weighted by Gasteiger charge is 2.16. The topological polar surface area (TPSA) is 112 Å². The van der Waals surface area contributed by atoms with Crippen LogP contribution in [0.15, 0.2) is 76.3 Å². The van der Waals surface area contributed by atoms with E-state index >= 15 is 0 Å². The van der Waals surface area contributed by atoms with Crippen molar-refractivity contribution in [3.05, 3.63) is 93.1 Å². The molecular formula is C26H25N3O6. The van der Waals surface area contributed by atoms with Gasteiger partial charge in [0, 0.05) is 6.92 Å². The molecule has 4 aromatic rings. The predicted molar refractivity (Wildman–Crippen MR) is 132 cm³/mol. The normalized spacial score (nSPS) is 10.8. The molecule has 1 aromatic heterocycles. The second-order valence-corrected chi connectivity index (χ2v) is 7.87. The number of aromatic nitrogens is 2. The molecule has 9 nitrogen and oxygen atoms in total. The zero-order chi connectivity index (χ0) is 24.9. The molecule has 0 fully saturated rings. The Morgan fingerprint density at radius 1 is 0.971 bits per heavy atom. The smallest absolute Gasteiger partial charge is 0.332 e. The standard InChI is InChI=1S/C26H25N3O6/c1-17(30)27-21-7-3-4-9-23(21)35-15-14-28-24-20(6-5-8-22(24)31)25(32)29(26(28)33)16-18-10-12-19(34-2)13-11-18/h3-13,31H,14-16H2,1-2H3,(H,27,30). The highest BCUT2D eigenvalue weighted by molar-refractivity contribution is 5.90. The van der Waals surface area contributed by atoms with Gasteiger partial charge in [-0.1, -0.05) is 30.3 Å². The van der Waals surface area contributed by atoms with Gasteiger partial charge in [-0.15, -0.1) is 0 Å². The number of anilines is 1. The van der Waals surface area contributed by atoms with E-state index in [1.165, 1.54) is 17.6 Å². The Bertz CT molecular complexity index is 1490. The number of hydrogen-bond acceptors (Lipinski definition) is 6. The van der Waals surface area contributed by atoms with Crippen molar-refractivity contribution < 1.29 is 19.4 Å². The summed E-state index contributed by atoms with van der Waals surface area (Å²) in [6.07, 6.45) is 0. The van der Waals surface area contributed by atoms with Crippen LogP contribution in [0.4, 0.5) is 5.69 Å². The van der Waals surface area contributed by atoms with Crippen molar-refractivity contribution in [1.82, 2.24) is 9.13 Å². The number of carbonyl (C=O) groups excluding carboxylic acids is 1. The number of amides is 1. The van der Waals surface area contributed by atoms with Gasteiger partial charge in [0.2, 0.25) is 5.91 Å². The summed E-state index contributed by atoms with van der Waals surface area (Å²) in [5.41, 5.74) is 0.330. The molecule has 1 heterocycles. The van der Waals surface area contributed by atoms with E-state index in [9.17, 15) is 19.5 Å². The van der Waals surface area contributed by atoms with Crippen LogP contribution in [0.1, 0.15) is 12.5 Å². The summed E-state index contributed by atoms with van der Waals surface area (Å²) in [5.74, 6) is 0.695. The molecule has 0 radical (unpaired) electrons. The summed E-state index contributed by atoms with van der Waals surface area (Å²) in [6.45, 7) is 1.57. The molecule has 2 N–H and O–H groups in total. The van der Waals surface area contributed by atoms with Crippen molar-refractivity contribution in [3.8, 4) is 17.2 Å². The number of para-hydroxylation sites is 3. The van der Waals surface area contributed by atoms with Gasteiger partial charge in [-0.25, -0.2) is 4.79 Å². The third-order valence-corrected chi connectivity index (χ3v) is 5.49. The molecule has 9 heteroatoms. The van der Waals surface area contributed by atoms with Crippen LogP contribution in [-0.2, 0) is 17.9 Å². The van der Waals surface area contributed by atoms with Gasteiger partial charge in [0.1, 0.15) is 29.4 Å². The minimum atomic E-state index is -0.571. The van der Waals surface area contributed by atoms with E-state index in [0.29, 0.717) is 17.2 Å². The second kappa shape index (κ2) is 10.2. The Hall–Kier alpha value is -4.53. The third kappa shape index (κ3) is 5.03. The van der Waals surface area contributed by atoms with E-state index in [2.05, 4.69) is 5.32 Å². The fraction of sp³-hybridized carbons (Fsp3) is 0.192. The predicted octanol–water partition coefficient (Wildman–Crippen LogP) is 2.96. The summed E-state index contributed by atoms with van der Waals surface area (Å²) in [6, 6.07) is 18.6. The maximum absolute atomic E-state index is 13.4. The van der Waals surface area contributed by atoms with Crippen molar-refractivity contribution >= 4 is 22.5 Å². The molecule has 1 amide bonds. The number of phenolic OH excluding ortho intramolecular Hbond substituents is 1. The zero-order valence-corrected chi connectivity index (χ0v) is 19.4. The molecule has 0 aliphatic rings. The van der Waals surface area contributed by atoms with E-state index in [1.54, 1.807) is 67.8 Å². The lowest BCUT2D eigenvalue weighted by atomic mass is 10.2. The van der Waals surface area contributed by atoms with Gasteiger partial charge >= 0.3 is 5.69 Å². The molecule has 35 heavy (non-hydrogen) atoms. The molecule has 3 aromatic carbocycles. The Balaban J connectivity index is 1.70. The maximum Gasteiger partial charge on any atom is 0.332 e. The van der Waals surface area contributed by atoms with Crippen LogP contribution in [-0.4, -0.2) is 33.9 Å². The number of hydrogen-bond donors (Lipinski definition) is 2. The summed E-state index contributed by atoms with van der Waals surface area (Å²) < 4.78 is 13.5. The Labute approximate surface area is 200 Å². The first-order valence-corrected chi connectivity index (χ1v) is 11.0. The maximum atomic E-state index is 13.4. The molecule has 0 unspecified atom stereocenters. The molecule has 0 aliphatic carbocycles. The van der Waals surface area contributed by atoms with Gasteiger partial charge in [0.25, 0.3) is 5.56 Å². The Morgan fingerprint density at radius 2 is 1.71 bits per heavy atom. The average Bonchev–Trinajstić information content (AvgIpc) is 2.85. The lowest BCUT2D eigenvalue weighted by molar-refractivity contribution is -0.114. The van der Waals surface area contributed by atoms with Gasteiger partial charge in [-0.3, -0.25) is 18.7 Å². The van der Waals surface area contributed by atoms with Crippen LogP contribution in [0.25, 0.3) is 10.9 Å². The van der Waals surface area contributed by atoms with Gasteiger partial charge in [0.15, 0.2) is 0 Å². The van der Waals surface area contributed by atoms with Crippen molar-refractivity contribution in [2.75, 3.05) is 19.0 Å². The summed E-state index contributed by atoms with van der Waals surface area (Å²) in [5, 5.41) is 13.4. The van der Waals surface area contributed by atoms with Crippen molar-refractivity contribution in [2.24, 2.45) is 0 Å². The van der Waals surface area contributed by atoms with Crippen LogP contribution in [0, 0.1) is 0 Å². The van der Waals surface area contributed by atoms with Gasteiger partial charge in [-0.05, 0) is 42.0 Å². The number of nitrogens with zero attached hydrogens (tertiary/aromatic N) is 2. The van der Waals surface area contributed by atoms with Gasteiger partial charge < -0.3 is 19.9 Å². The number of aromatic hydroxyl groups is 1. The molecule has 0 spiro atoms. The van der Waals surface area contributed by atoms with Crippen LogP contribution >= 0.6 is 0 Å². The van der Waals surface area contributed by atoms with Crippen LogP contribution < -0.4 is 26.0 Å². The fourth-order valence-corrected chi connectivity index (χ4v) is 3.85. The molecule has 4 rings (SSSR count). The summed E-state index contributed by atoms with van der Waals surface area (Å²) in [7, 11) is 1.56. The van der Waals surface area contributed by atoms with E-state index in [0.717, 1.165) is 10.1 Å². The monoisotopic (exact) mass is 475 g/mol. The molecule has 0 atom stereocenters. The number of carbonyl (C=O) groups is 1. The first-order chi connectivity index (χ1) is 16.9. The van der Waals surface area contributed by atoms with Crippen molar-refractivity contribution in [1.29, 1.82) is 0 Å². The fourth-order valence-electron chi connectivity index (χ4n) is 3.85. The van der Waals surface area contributed by atoms with Crippen LogP contribution in [0.3, 0.4) is 0 Å². The summed E-state index contributed by atoms with van der Waals surface area (Å²) >= 11 is 0. The van der Waals surface area contributed by atoms with Gasteiger partial charge in [0.05, 0.1) is 31.3 Å². The Morgan fingerprint density at radius 3 is 2.43 bits per heavy atom. The zero-order valence-electron chi connectivity index (χ0n) is 19.4. The molecule has 180 valence electrons. The number of benzene rings is 3. The largest absolute Gasteiger partial charge is 0.506 e. The lowest BCUT2D eigenvalue weighted by Crippen LogP contribution is -2.41. The van der Waals surface area contributed by atoms with Gasteiger partial charge in [-0.2, -0.15) is 0 Å². The van der Waals surface area contributed by atoms with Crippen molar-refractivity contribution in [3.63, 3.8) is 0 Å². The number of phenols is 1. The third-order valence-electron chi connectivity index (χ3n) is 5.49. The van der Waals surface area contributed by atoms with E-state index < -0.39 is 11.2 Å². The Kier molecular flexibility index (Phi) is 6.86. The summed E-state index contributed by atoms with van der Waals surface area (Å²) in [4.78, 5) is 38.0. The van der Waals surface area contributed by atoms with Crippen LogP contribution in [0.5, 0.6) is 17.2 Å². The number of rotatable bonds is 8. The van der Waals surface area contributed by atoms with E-state index in [1.807, 2.05) is 0 Å². The minimum Gasteiger partial charge on any atom is -0.506 e. The van der Waals surface area contributed by atoms with E-state index in [-0.39, 0.29) is 42.3 Å². The molecule has 0 saturated carbocycles. The molecule has 0 saturated heterocycles. The average molecular weight is 476 g/mol. The van der Waals surface area contributed by atoms with E-state index in [4.69, 9.17) is 9.47 Å². The highest BCUT2D eigenvalue weighted by atomic mass is 16.5. The number of ether oxygens (including phenoxy) is 2. The lowest BCUT2D eigenvalue weighted by Gasteiger charge is -2.16. The SMILES string of the molecule is COc1ccc(Cn2c(=O)c3cccc(O)c3n(CCOc3ccccc3NC(C)=O)c2=O)cc1. The first-order valence-electron chi connectivity index (χ1n) is 11.0. The first kappa shape index (κ1) is 23.6. The highest BCUT2D eigenvalue weighted by Crippen LogP contribution is 2.24. The van der Waals surface area contributed by atoms with Crippen LogP contribution in [0.2, 0.25) is 0 Å². The number of fused-ring (bicyclic) bond motifs is 1. The number of methoxy groups -OCH3 is 1.